The zero-order valence-electron chi connectivity index (χ0n) is 10.1. The van der Waals surface area contributed by atoms with Crippen molar-refractivity contribution in [1.82, 2.24) is 10.2 Å². The SMILES string of the molecule is CCNC(CO)CN1CCCC(C(F)(F)F)C1. The van der Waals surface area contributed by atoms with Crippen LogP contribution in [0.3, 0.4) is 0 Å². The summed E-state index contributed by atoms with van der Waals surface area (Å²) in [6.45, 7) is 3.82. The minimum Gasteiger partial charge on any atom is -0.395 e. The molecule has 0 aromatic rings. The summed E-state index contributed by atoms with van der Waals surface area (Å²) in [5, 5.41) is 12.2. The predicted molar refractivity (Wildman–Crippen MR) is 59.8 cm³/mol. The Morgan fingerprint density at radius 2 is 2.18 bits per heavy atom. The molecule has 17 heavy (non-hydrogen) atoms. The standard InChI is InChI=1S/C11H21F3N2O/c1-2-15-10(8-17)7-16-5-3-4-9(6-16)11(12,13)14/h9-10,15,17H,2-8H2,1H3. The van der Waals surface area contributed by atoms with E-state index >= 15 is 0 Å². The summed E-state index contributed by atoms with van der Waals surface area (Å²) in [7, 11) is 0. The van der Waals surface area contributed by atoms with Crippen LogP contribution in [-0.4, -0.2) is 55.0 Å². The number of nitrogens with one attached hydrogen (secondary N) is 1. The van der Waals surface area contributed by atoms with Gasteiger partial charge in [-0.05, 0) is 25.9 Å². The van der Waals surface area contributed by atoms with Crippen LogP contribution in [0.4, 0.5) is 13.2 Å². The van der Waals surface area contributed by atoms with Crippen molar-refractivity contribution in [2.45, 2.75) is 32.0 Å². The van der Waals surface area contributed by atoms with Crippen molar-refractivity contribution in [2.75, 3.05) is 32.8 Å². The number of aliphatic hydroxyl groups excluding tert-OH is 1. The van der Waals surface area contributed by atoms with Gasteiger partial charge in [-0.2, -0.15) is 13.2 Å². The maximum atomic E-state index is 12.6. The van der Waals surface area contributed by atoms with Crippen molar-refractivity contribution >= 4 is 0 Å². The van der Waals surface area contributed by atoms with E-state index in [2.05, 4.69) is 5.32 Å². The number of likely N-dealkylation sites (N-methyl/N-ethyl adjacent to an activating group) is 1. The highest BCUT2D eigenvalue weighted by atomic mass is 19.4. The van der Waals surface area contributed by atoms with Crippen molar-refractivity contribution in [3.05, 3.63) is 0 Å². The van der Waals surface area contributed by atoms with Gasteiger partial charge < -0.3 is 15.3 Å². The van der Waals surface area contributed by atoms with Crippen LogP contribution in [-0.2, 0) is 0 Å². The minimum absolute atomic E-state index is 0.0407. The molecule has 0 aliphatic carbocycles. The van der Waals surface area contributed by atoms with Gasteiger partial charge in [-0.25, -0.2) is 0 Å². The molecule has 0 aromatic carbocycles. The predicted octanol–water partition coefficient (Wildman–Crippen LogP) is 1.23. The molecule has 0 amide bonds. The Labute approximate surface area is 100.0 Å². The topological polar surface area (TPSA) is 35.5 Å². The Kier molecular flexibility index (Phi) is 5.69. The largest absolute Gasteiger partial charge is 0.395 e. The van der Waals surface area contributed by atoms with Gasteiger partial charge in [0, 0.05) is 19.1 Å². The summed E-state index contributed by atoms with van der Waals surface area (Å²) in [5.74, 6) is -1.21. The Morgan fingerprint density at radius 3 is 2.71 bits per heavy atom. The maximum Gasteiger partial charge on any atom is 0.393 e. The highest BCUT2D eigenvalue weighted by Gasteiger charge is 2.41. The average Bonchev–Trinajstić information content (AvgIpc) is 2.28. The van der Waals surface area contributed by atoms with Crippen molar-refractivity contribution in [3.8, 4) is 0 Å². The van der Waals surface area contributed by atoms with Crippen molar-refractivity contribution in [2.24, 2.45) is 5.92 Å². The number of alkyl halides is 3. The molecule has 102 valence electrons. The molecule has 2 unspecified atom stereocenters. The monoisotopic (exact) mass is 254 g/mol. The molecule has 0 aromatic heterocycles. The smallest absolute Gasteiger partial charge is 0.393 e. The molecule has 0 bridgehead atoms. The average molecular weight is 254 g/mol. The van der Waals surface area contributed by atoms with E-state index < -0.39 is 12.1 Å². The van der Waals surface area contributed by atoms with Crippen LogP contribution in [0.5, 0.6) is 0 Å². The Bertz CT molecular complexity index is 223. The van der Waals surface area contributed by atoms with E-state index in [0.717, 1.165) is 0 Å². The molecule has 1 fully saturated rings. The first kappa shape index (κ1) is 14.7. The van der Waals surface area contributed by atoms with Gasteiger partial charge in [-0.1, -0.05) is 6.92 Å². The van der Waals surface area contributed by atoms with E-state index in [4.69, 9.17) is 5.11 Å². The molecule has 1 heterocycles. The lowest BCUT2D eigenvalue weighted by molar-refractivity contribution is -0.187. The van der Waals surface area contributed by atoms with Crippen LogP contribution in [0.2, 0.25) is 0 Å². The molecule has 1 aliphatic heterocycles. The van der Waals surface area contributed by atoms with E-state index in [9.17, 15) is 13.2 Å². The fourth-order valence-corrected chi connectivity index (χ4v) is 2.28. The maximum absolute atomic E-state index is 12.6. The number of nitrogens with zero attached hydrogens (tertiary/aromatic N) is 1. The summed E-state index contributed by atoms with van der Waals surface area (Å²) < 4.78 is 37.8. The van der Waals surface area contributed by atoms with Gasteiger partial charge in [-0.15, -0.1) is 0 Å². The number of aliphatic hydroxyl groups is 1. The fraction of sp³-hybridized carbons (Fsp3) is 1.00. The molecular formula is C11H21F3N2O. The van der Waals surface area contributed by atoms with Gasteiger partial charge in [0.1, 0.15) is 0 Å². The van der Waals surface area contributed by atoms with Crippen molar-refractivity contribution < 1.29 is 18.3 Å². The van der Waals surface area contributed by atoms with E-state index in [-0.39, 0.29) is 25.6 Å². The van der Waals surface area contributed by atoms with Crippen LogP contribution in [0, 0.1) is 5.92 Å². The van der Waals surface area contributed by atoms with Crippen LogP contribution in [0.25, 0.3) is 0 Å². The number of likely N-dealkylation sites (tertiary alicyclic amines) is 1. The van der Waals surface area contributed by atoms with Crippen molar-refractivity contribution in [1.29, 1.82) is 0 Å². The molecule has 0 saturated carbocycles. The van der Waals surface area contributed by atoms with E-state index in [0.29, 0.717) is 26.1 Å². The highest BCUT2D eigenvalue weighted by molar-refractivity contribution is 4.80. The number of halogens is 3. The van der Waals surface area contributed by atoms with E-state index in [1.807, 2.05) is 6.92 Å². The lowest BCUT2D eigenvalue weighted by Gasteiger charge is -2.35. The number of hydrogen-bond acceptors (Lipinski definition) is 3. The second kappa shape index (κ2) is 6.56. The van der Waals surface area contributed by atoms with Gasteiger partial charge in [0.15, 0.2) is 0 Å². The first-order valence-corrected chi connectivity index (χ1v) is 6.10. The van der Waals surface area contributed by atoms with Crippen LogP contribution in [0.1, 0.15) is 19.8 Å². The molecule has 1 aliphatic rings. The third-order valence-corrected chi connectivity index (χ3v) is 3.16. The molecule has 0 radical (unpaired) electrons. The number of piperidine rings is 1. The molecule has 1 saturated heterocycles. The highest BCUT2D eigenvalue weighted by Crippen LogP contribution is 2.32. The normalized spacial score (nSPS) is 24.9. The Hall–Kier alpha value is -0.330. The van der Waals surface area contributed by atoms with Crippen LogP contribution < -0.4 is 5.32 Å². The third kappa shape index (κ3) is 4.81. The van der Waals surface area contributed by atoms with Gasteiger partial charge in [-0.3, -0.25) is 0 Å². The summed E-state index contributed by atoms with van der Waals surface area (Å²) in [6, 6.07) is -0.132. The van der Waals surface area contributed by atoms with Gasteiger partial charge in [0.2, 0.25) is 0 Å². The van der Waals surface area contributed by atoms with Gasteiger partial charge >= 0.3 is 6.18 Å². The second-order valence-corrected chi connectivity index (χ2v) is 4.58. The minimum atomic E-state index is -4.09. The number of hydrogen-bond donors (Lipinski definition) is 2. The summed E-state index contributed by atoms with van der Waals surface area (Å²) in [4.78, 5) is 1.80. The zero-order chi connectivity index (χ0) is 12.9. The Morgan fingerprint density at radius 1 is 1.47 bits per heavy atom. The molecule has 2 atom stereocenters. The summed E-state index contributed by atoms with van der Waals surface area (Å²) >= 11 is 0. The molecule has 1 rings (SSSR count). The second-order valence-electron chi connectivity index (χ2n) is 4.58. The van der Waals surface area contributed by atoms with Gasteiger partial charge in [0.05, 0.1) is 12.5 Å². The lowest BCUT2D eigenvalue weighted by atomic mass is 9.97. The summed E-state index contributed by atoms with van der Waals surface area (Å²) in [6.07, 6.45) is -3.29. The van der Waals surface area contributed by atoms with Crippen LogP contribution >= 0.6 is 0 Å². The quantitative estimate of drug-likeness (QED) is 0.774. The van der Waals surface area contributed by atoms with Crippen LogP contribution in [0.15, 0.2) is 0 Å². The molecular weight excluding hydrogens is 233 g/mol. The zero-order valence-corrected chi connectivity index (χ0v) is 10.1. The lowest BCUT2D eigenvalue weighted by Crippen LogP contribution is -2.48. The molecule has 2 N–H and O–H groups in total. The third-order valence-electron chi connectivity index (χ3n) is 3.16. The molecule has 3 nitrogen and oxygen atoms in total. The Balaban J connectivity index is 2.43. The van der Waals surface area contributed by atoms with E-state index in [1.165, 1.54) is 0 Å². The van der Waals surface area contributed by atoms with Gasteiger partial charge in [0.25, 0.3) is 0 Å². The van der Waals surface area contributed by atoms with E-state index in [1.54, 1.807) is 4.90 Å². The fourth-order valence-electron chi connectivity index (χ4n) is 2.28. The summed E-state index contributed by atoms with van der Waals surface area (Å²) in [5.41, 5.74) is 0. The first-order valence-electron chi connectivity index (χ1n) is 6.10. The van der Waals surface area contributed by atoms with Crippen molar-refractivity contribution in [3.63, 3.8) is 0 Å². The first-order chi connectivity index (χ1) is 7.97. The number of rotatable bonds is 5. The molecule has 0 spiro atoms. The molecule has 6 heteroatoms.